The third-order valence-electron chi connectivity index (χ3n) is 4.80. The number of hydrogen-bond acceptors (Lipinski definition) is 7. The van der Waals surface area contributed by atoms with E-state index in [9.17, 15) is 13.2 Å². The van der Waals surface area contributed by atoms with Gasteiger partial charge in [-0.1, -0.05) is 35.5 Å². The van der Waals surface area contributed by atoms with Gasteiger partial charge < -0.3 is 14.2 Å². The van der Waals surface area contributed by atoms with Gasteiger partial charge in [-0.2, -0.15) is 9.29 Å². The molecule has 10 heteroatoms. The maximum absolute atomic E-state index is 13.2. The van der Waals surface area contributed by atoms with E-state index >= 15 is 0 Å². The highest BCUT2D eigenvalue weighted by Gasteiger charge is 2.33. The van der Waals surface area contributed by atoms with Crippen LogP contribution in [0.5, 0.6) is 5.75 Å². The molecule has 0 spiro atoms. The average molecular weight is 445 g/mol. The molecule has 0 N–H and O–H groups in total. The van der Waals surface area contributed by atoms with Gasteiger partial charge in [-0.3, -0.25) is 4.79 Å². The highest BCUT2D eigenvalue weighted by molar-refractivity contribution is 7.88. The summed E-state index contributed by atoms with van der Waals surface area (Å²) in [5.74, 6) is 0.907. The first-order valence-electron chi connectivity index (χ1n) is 9.40. The molecule has 0 radical (unpaired) electrons. The van der Waals surface area contributed by atoms with Crippen molar-refractivity contribution in [3.8, 4) is 17.1 Å². The van der Waals surface area contributed by atoms with Gasteiger partial charge in [0.2, 0.25) is 27.6 Å². The Hall–Kier alpha value is -3.24. The second-order valence-corrected chi connectivity index (χ2v) is 9.07. The predicted molar refractivity (Wildman–Crippen MR) is 115 cm³/mol. The number of sulfonamides is 1. The van der Waals surface area contributed by atoms with E-state index in [0.717, 1.165) is 16.1 Å². The number of carbonyl (C=O) groups is 1. The minimum atomic E-state index is -3.62. The monoisotopic (exact) mass is 444 g/mol. The Kier molecular flexibility index (Phi) is 6.71. The summed E-state index contributed by atoms with van der Waals surface area (Å²) < 4.78 is 35.8. The van der Waals surface area contributed by atoms with Crippen LogP contribution in [0.4, 0.5) is 0 Å². The number of ether oxygens (including phenoxy) is 1. The molecular formula is C21H24N4O5S. The van der Waals surface area contributed by atoms with E-state index in [0.29, 0.717) is 17.1 Å². The summed E-state index contributed by atoms with van der Waals surface area (Å²) in [6.45, 7) is 0.0307. The van der Waals surface area contributed by atoms with Crippen molar-refractivity contribution in [3.05, 3.63) is 66.1 Å². The van der Waals surface area contributed by atoms with Crippen LogP contribution < -0.4 is 4.74 Å². The van der Waals surface area contributed by atoms with Crippen molar-refractivity contribution in [1.82, 2.24) is 19.3 Å². The molecule has 3 rings (SSSR count). The average Bonchev–Trinajstić information content (AvgIpc) is 3.22. The molecule has 0 aliphatic rings. The van der Waals surface area contributed by atoms with Crippen molar-refractivity contribution in [3.63, 3.8) is 0 Å². The topological polar surface area (TPSA) is 106 Å². The van der Waals surface area contributed by atoms with Crippen molar-refractivity contribution in [2.45, 2.75) is 12.6 Å². The van der Waals surface area contributed by atoms with Crippen LogP contribution in [0, 0.1) is 0 Å². The number of hydrogen-bond donors (Lipinski definition) is 0. The standard InChI is InChI=1S/C21H24N4O5S/c1-24(14-18-22-20(23-30-18)16-10-12-17(29-3)13-11-16)21(26)19(25(2)31(4,27)28)15-8-6-5-7-9-15/h5-13,19H,14H2,1-4H3/t19-/m1/s1. The molecule has 31 heavy (non-hydrogen) atoms. The van der Waals surface area contributed by atoms with Crippen LogP contribution in [0.2, 0.25) is 0 Å². The van der Waals surface area contributed by atoms with Crippen molar-refractivity contribution >= 4 is 15.9 Å². The maximum Gasteiger partial charge on any atom is 0.246 e. The quantitative estimate of drug-likeness (QED) is 0.525. The first kappa shape index (κ1) is 22.4. The molecule has 0 aliphatic heterocycles. The Morgan fingerprint density at radius 3 is 2.32 bits per heavy atom. The lowest BCUT2D eigenvalue weighted by atomic mass is 10.1. The summed E-state index contributed by atoms with van der Waals surface area (Å²) in [5, 5.41) is 3.96. The van der Waals surface area contributed by atoms with E-state index in [1.807, 2.05) is 0 Å². The van der Waals surface area contributed by atoms with Gasteiger partial charge in [-0.25, -0.2) is 8.42 Å². The molecule has 1 aromatic heterocycles. The van der Waals surface area contributed by atoms with Crippen molar-refractivity contribution < 1.29 is 22.5 Å². The Morgan fingerprint density at radius 1 is 1.10 bits per heavy atom. The van der Waals surface area contributed by atoms with Crippen molar-refractivity contribution in [1.29, 1.82) is 0 Å². The summed E-state index contributed by atoms with van der Waals surface area (Å²) in [5.41, 5.74) is 1.31. The van der Waals surface area contributed by atoms with Crippen LogP contribution in [-0.2, 0) is 21.4 Å². The second-order valence-electron chi connectivity index (χ2n) is 7.03. The zero-order chi connectivity index (χ0) is 22.6. The molecule has 1 heterocycles. The molecule has 1 amide bonds. The van der Waals surface area contributed by atoms with Crippen LogP contribution >= 0.6 is 0 Å². The minimum Gasteiger partial charge on any atom is -0.497 e. The number of carbonyl (C=O) groups excluding carboxylic acids is 1. The summed E-state index contributed by atoms with van der Waals surface area (Å²) in [4.78, 5) is 18.9. The molecule has 3 aromatic rings. The molecule has 1 atom stereocenters. The van der Waals surface area contributed by atoms with E-state index in [-0.39, 0.29) is 12.4 Å². The number of rotatable bonds is 8. The van der Waals surface area contributed by atoms with E-state index < -0.39 is 22.0 Å². The third-order valence-corrected chi connectivity index (χ3v) is 6.06. The van der Waals surface area contributed by atoms with Crippen molar-refractivity contribution in [2.24, 2.45) is 0 Å². The van der Waals surface area contributed by atoms with Gasteiger partial charge in [0, 0.05) is 19.7 Å². The molecule has 164 valence electrons. The van der Waals surface area contributed by atoms with E-state index in [4.69, 9.17) is 9.26 Å². The Labute approximate surface area is 181 Å². The van der Waals surface area contributed by atoms with Gasteiger partial charge in [0.15, 0.2) is 0 Å². The second kappa shape index (κ2) is 9.27. The lowest BCUT2D eigenvalue weighted by molar-refractivity contribution is -0.134. The van der Waals surface area contributed by atoms with Gasteiger partial charge in [-0.15, -0.1) is 0 Å². The van der Waals surface area contributed by atoms with E-state index in [1.165, 1.54) is 11.9 Å². The largest absolute Gasteiger partial charge is 0.497 e. The Morgan fingerprint density at radius 2 is 1.74 bits per heavy atom. The third kappa shape index (κ3) is 5.28. The number of nitrogens with zero attached hydrogens (tertiary/aromatic N) is 4. The van der Waals surface area contributed by atoms with Gasteiger partial charge >= 0.3 is 0 Å². The molecule has 0 aliphatic carbocycles. The first-order valence-corrected chi connectivity index (χ1v) is 11.3. The van der Waals surface area contributed by atoms with Gasteiger partial charge in [0.25, 0.3) is 0 Å². The van der Waals surface area contributed by atoms with Crippen LogP contribution in [-0.4, -0.2) is 61.1 Å². The van der Waals surface area contributed by atoms with Crippen LogP contribution in [0.15, 0.2) is 59.1 Å². The Bertz CT molecular complexity index is 1130. The molecule has 0 bridgehead atoms. The predicted octanol–water partition coefficient (Wildman–Crippen LogP) is 2.34. The molecule has 0 unspecified atom stereocenters. The summed E-state index contributed by atoms with van der Waals surface area (Å²) in [6.07, 6.45) is 1.06. The minimum absolute atomic E-state index is 0.0307. The van der Waals surface area contributed by atoms with Crippen molar-refractivity contribution in [2.75, 3.05) is 27.5 Å². The number of methoxy groups -OCH3 is 1. The van der Waals surface area contributed by atoms with Crippen LogP contribution in [0.3, 0.4) is 0 Å². The fraction of sp³-hybridized carbons (Fsp3) is 0.286. The summed E-state index contributed by atoms with van der Waals surface area (Å²) in [7, 11) is 0.910. The first-order chi connectivity index (χ1) is 14.7. The molecule has 0 saturated carbocycles. The smallest absolute Gasteiger partial charge is 0.246 e. The normalized spacial score (nSPS) is 12.5. The number of aromatic nitrogens is 2. The lowest BCUT2D eigenvalue weighted by Crippen LogP contribution is -2.41. The fourth-order valence-corrected chi connectivity index (χ4v) is 3.60. The number of amides is 1. The van der Waals surface area contributed by atoms with Gasteiger partial charge in [0.05, 0.1) is 19.9 Å². The zero-order valence-corrected chi connectivity index (χ0v) is 18.5. The molecule has 9 nitrogen and oxygen atoms in total. The summed E-state index contributed by atoms with van der Waals surface area (Å²) >= 11 is 0. The fourth-order valence-electron chi connectivity index (χ4n) is 3.00. The highest BCUT2D eigenvalue weighted by Crippen LogP contribution is 2.25. The molecule has 0 fully saturated rings. The lowest BCUT2D eigenvalue weighted by Gasteiger charge is -2.29. The molecule has 2 aromatic carbocycles. The van der Waals surface area contributed by atoms with E-state index in [2.05, 4.69) is 10.1 Å². The highest BCUT2D eigenvalue weighted by atomic mass is 32.2. The van der Waals surface area contributed by atoms with E-state index in [1.54, 1.807) is 68.8 Å². The maximum atomic E-state index is 13.2. The number of likely N-dealkylation sites (N-methyl/N-ethyl adjacent to an activating group) is 2. The van der Waals surface area contributed by atoms with Crippen LogP contribution in [0.1, 0.15) is 17.5 Å². The molecule has 0 saturated heterocycles. The van der Waals surface area contributed by atoms with Gasteiger partial charge in [-0.05, 0) is 29.8 Å². The van der Waals surface area contributed by atoms with Gasteiger partial charge in [0.1, 0.15) is 11.8 Å². The summed E-state index contributed by atoms with van der Waals surface area (Å²) in [6, 6.07) is 14.9. The van der Waals surface area contributed by atoms with Crippen LogP contribution in [0.25, 0.3) is 11.4 Å². The molecular weight excluding hydrogens is 420 g/mol. The SMILES string of the molecule is COc1ccc(-c2noc(CN(C)C(=O)[C@@H](c3ccccc3)N(C)S(C)(=O)=O)n2)cc1. The zero-order valence-electron chi connectivity index (χ0n) is 17.7. The Balaban J connectivity index is 1.80. The number of benzene rings is 2.